The maximum absolute atomic E-state index is 10.4. The summed E-state index contributed by atoms with van der Waals surface area (Å²) < 4.78 is 10.6. The number of benzene rings is 1. The number of aliphatic hydroxyl groups is 1. The molecule has 2 aliphatic rings. The Balaban J connectivity index is 1.73. The van der Waals surface area contributed by atoms with Crippen LogP contribution in [0.3, 0.4) is 0 Å². The second kappa shape index (κ2) is 5.95. The Morgan fingerprint density at radius 3 is 2.81 bits per heavy atom. The van der Waals surface area contributed by atoms with Gasteiger partial charge >= 0.3 is 0 Å². The fourth-order valence-electron chi connectivity index (χ4n) is 3.52. The van der Waals surface area contributed by atoms with Crippen LogP contribution in [0.15, 0.2) is 18.2 Å². The summed E-state index contributed by atoms with van der Waals surface area (Å²) in [6.07, 6.45) is 4.24. The van der Waals surface area contributed by atoms with E-state index in [-0.39, 0.29) is 0 Å². The minimum Gasteiger partial charge on any atom is -0.496 e. The van der Waals surface area contributed by atoms with Crippen molar-refractivity contribution in [3.05, 3.63) is 29.3 Å². The van der Waals surface area contributed by atoms with Gasteiger partial charge < -0.3 is 14.6 Å². The molecule has 21 heavy (non-hydrogen) atoms. The topological polar surface area (TPSA) is 41.9 Å². The average Bonchev–Trinajstić information content (AvgIpc) is 3.05. The molecule has 1 heterocycles. The van der Waals surface area contributed by atoms with Gasteiger partial charge in [-0.25, -0.2) is 0 Å². The van der Waals surface area contributed by atoms with E-state index >= 15 is 0 Å². The quantitative estimate of drug-likeness (QED) is 0.873. The van der Waals surface area contributed by atoms with Crippen LogP contribution in [-0.4, -0.2) is 42.4 Å². The van der Waals surface area contributed by atoms with Crippen molar-refractivity contribution in [1.82, 2.24) is 4.90 Å². The first-order valence-corrected chi connectivity index (χ1v) is 7.77. The van der Waals surface area contributed by atoms with Crippen LogP contribution in [0.1, 0.15) is 36.8 Å². The molecule has 1 aromatic rings. The summed E-state index contributed by atoms with van der Waals surface area (Å²) >= 11 is 0. The van der Waals surface area contributed by atoms with Gasteiger partial charge in [0.15, 0.2) is 0 Å². The van der Waals surface area contributed by atoms with Gasteiger partial charge in [0, 0.05) is 25.3 Å². The summed E-state index contributed by atoms with van der Waals surface area (Å²) in [5.41, 5.74) is 1.94. The Bertz CT molecular complexity index is 499. The number of nitrogens with zero attached hydrogens (tertiary/aromatic N) is 1. The Morgan fingerprint density at radius 2 is 2.14 bits per heavy atom. The highest BCUT2D eigenvalue weighted by Gasteiger charge is 2.51. The Hall–Kier alpha value is -1.10. The van der Waals surface area contributed by atoms with E-state index in [2.05, 4.69) is 17.0 Å². The molecule has 4 nitrogen and oxygen atoms in total. The maximum atomic E-state index is 10.4. The smallest absolute Gasteiger partial charge is 0.124 e. The van der Waals surface area contributed by atoms with Crippen molar-refractivity contribution in [2.24, 2.45) is 0 Å². The van der Waals surface area contributed by atoms with Gasteiger partial charge in [-0.1, -0.05) is 6.07 Å². The van der Waals surface area contributed by atoms with Gasteiger partial charge in [-0.15, -0.1) is 0 Å². The van der Waals surface area contributed by atoms with Gasteiger partial charge in [-0.3, -0.25) is 4.90 Å². The fourth-order valence-corrected chi connectivity index (χ4v) is 3.52. The van der Waals surface area contributed by atoms with Crippen molar-refractivity contribution in [3.8, 4) is 5.75 Å². The molecule has 1 saturated heterocycles. The molecule has 1 saturated carbocycles. The highest BCUT2D eigenvalue weighted by atomic mass is 16.5. The third kappa shape index (κ3) is 3.07. The van der Waals surface area contributed by atoms with Gasteiger partial charge in [-0.2, -0.15) is 0 Å². The molecule has 1 aromatic carbocycles. The molecule has 0 amide bonds. The van der Waals surface area contributed by atoms with E-state index in [4.69, 9.17) is 9.47 Å². The number of hydrogen-bond acceptors (Lipinski definition) is 4. The molecule has 1 atom stereocenters. The second-order valence-corrected chi connectivity index (χ2v) is 6.31. The van der Waals surface area contributed by atoms with Crippen molar-refractivity contribution in [3.63, 3.8) is 0 Å². The van der Waals surface area contributed by atoms with Crippen LogP contribution in [0.25, 0.3) is 0 Å². The Kier molecular flexibility index (Phi) is 4.20. The number of rotatable bonds is 6. The van der Waals surface area contributed by atoms with Crippen molar-refractivity contribution < 1.29 is 14.6 Å². The molecule has 1 unspecified atom stereocenters. The summed E-state index contributed by atoms with van der Waals surface area (Å²) in [5.74, 6) is 0.874. The molecule has 1 aliphatic heterocycles. The van der Waals surface area contributed by atoms with Crippen LogP contribution in [0.2, 0.25) is 0 Å². The van der Waals surface area contributed by atoms with Gasteiger partial charge in [-0.05, 0) is 49.9 Å². The van der Waals surface area contributed by atoms with E-state index in [1.165, 1.54) is 12.0 Å². The lowest BCUT2D eigenvalue weighted by Crippen LogP contribution is -2.40. The molecule has 0 radical (unpaired) electrons. The second-order valence-electron chi connectivity index (χ2n) is 6.31. The SMILES string of the molecule is COCc1cc(CN2CCCC2C2(O)CC2)ccc1OC. The average molecular weight is 291 g/mol. The summed E-state index contributed by atoms with van der Waals surface area (Å²) in [4.78, 5) is 2.44. The molecule has 116 valence electrons. The largest absolute Gasteiger partial charge is 0.496 e. The van der Waals surface area contributed by atoms with Crippen molar-refractivity contribution in [2.45, 2.75) is 50.5 Å². The van der Waals surface area contributed by atoms with Crippen LogP contribution in [-0.2, 0) is 17.9 Å². The standard InChI is InChI=1S/C17H25NO3/c1-20-12-14-10-13(5-6-15(14)21-2)11-18-9-3-4-16(18)17(19)7-8-17/h5-6,10,16,19H,3-4,7-9,11-12H2,1-2H3. The van der Waals surface area contributed by atoms with Crippen LogP contribution < -0.4 is 4.74 Å². The highest BCUT2D eigenvalue weighted by Crippen LogP contribution is 2.45. The normalized spacial score (nSPS) is 24.2. The molecular formula is C17H25NO3. The van der Waals surface area contributed by atoms with Crippen molar-refractivity contribution in [1.29, 1.82) is 0 Å². The molecular weight excluding hydrogens is 266 g/mol. The molecule has 0 bridgehead atoms. The number of methoxy groups -OCH3 is 2. The first-order valence-electron chi connectivity index (χ1n) is 7.77. The van der Waals surface area contributed by atoms with Crippen molar-refractivity contribution in [2.75, 3.05) is 20.8 Å². The number of hydrogen-bond donors (Lipinski definition) is 1. The van der Waals surface area contributed by atoms with E-state index in [0.29, 0.717) is 12.6 Å². The Morgan fingerprint density at radius 1 is 1.33 bits per heavy atom. The molecule has 0 spiro atoms. The lowest BCUT2D eigenvalue weighted by Gasteiger charge is -2.29. The van der Waals surface area contributed by atoms with Crippen molar-refractivity contribution >= 4 is 0 Å². The van der Waals surface area contributed by atoms with Gasteiger partial charge in [0.25, 0.3) is 0 Å². The van der Waals surface area contributed by atoms with E-state index in [1.54, 1.807) is 14.2 Å². The van der Waals surface area contributed by atoms with Gasteiger partial charge in [0.2, 0.25) is 0 Å². The zero-order valence-electron chi connectivity index (χ0n) is 13.0. The molecule has 3 rings (SSSR count). The lowest BCUT2D eigenvalue weighted by molar-refractivity contribution is 0.0481. The molecule has 1 N–H and O–H groups in total. The Labute approximate surface area is 126 Å². The summed E-state index contributed by atoms with van der Waals surface area (Å²) in [6.45, 7) is 2.54. The van der Waals surface area contributed by atoms with Crippen LogP contribution >= 0.6 is 0 Å². The number of likely N-dealkylation sites (tertiary alicyclic amines) is 1. The van der Waals surface area contributed by atoms with E-state index in [1.807, 2.05) is 6.07 Å². The van der Waals surface area contributed by atoms with Gasteiger partial charge in [0.05, 0.1) is 19.3 Å². The summed E-state index contributed by atoms with van der Waals surface area (Å²) in [6, 6.07) is 6.63. The van der Waals surface area contributed by atoms with E-state index < -0.39 is 5.60 Å². The van der Waals surface area contributed by atoms with E-state index in [9.17, 15) is 5.11 Å². The van der Waals surface area contributed by atoms with Crippen LogP contribution in [0.5, 0.6) is 5.75 Å². The maximum Gasteiger partial charge on any atom is 0.124 e. The fraction of sp³-hybridized carbons (Fsp3) is 0.647. The predicted octanol–water partition coefficient (Wildman–Crippen LogP) is 2.33. The third-order valence-electron chi connectivity index (χ3n) is 4.78. The molecule has 1 aliphatic carbocycles. The lowest BCUT2D eigenvalue weighted by atomic mass is 10.1. The minimum absolute atomic E-state index is 0.338. The first-order chi connectivity index (χ1) is 10.2. The summed E-state index contributed by atoms with van der Waals surface area (Å²) in [5, 5.41) is 10.4. The highest BCUT2D eigenvalue weighted by molar-refractivity contribution is 5.37. The summed E-state index contributed by atoms with van der Waals surface area (Å²) in [7, 11) is 3.39. The predicted molar refractivity (Wildman–Crippen MR) is 81.3 cm³/mol. The zero-order valence-corrected chi connectivity index (χ0v) is 13.0. The first kappa shape index (κ1) is 14.8. The molecule has 0 aromatic heterocycles. The van der Waals surface area contributed by atoms with E-state index in [0.717, 1.165) is 43.7 Å². The number of ether oxygens (including phenoxy) is 2. The third-order valence-corrected chi connectivity index (χ3v) is 4.78. The zero-order chi connectivity index (χ0) is 14.9. The molecule has 4 heteroatoms. The van der Waals surface area contributed by atoms with Crippen LogP contribution in [0, 0.1) is 0 Å². The minimum atomic E-state index is -0.404. The monoisotopic (exact) mass is 291 g/mol. The molecule has 2 fully saturated rings. The van der Waals surface area contributed by atoms with Gasteiger partial charge in [0.1, 0.15) is 5.75 Å². The van der Waals surface area contributed by atoms with Crippen LogP contribution in [0.4, 0.5) is 0 Å².